The van der Waals surface area contributed by atoms with Gasteiger partial charge in [-0.1, -0.05) is 12.1 Å². The van der Waals surface area contributed by atoms with Crippen LogP contribution in [-0.2, 0) is 0 Å². The van der Waals surface area contributed by atoms with E-state index in [0.717, 1.165) is 41.7 Å². The van der Waals surface area contributed by atoms with Gasteiger partial charge in [-0.25, -0.2) is 4.68 Å². The molecule has 8 nitrogen and oxygen atoms in total. The molecule has 1 aromatic heterocycles. The minimum atomic E-state index is -0.156. The highest BCUT2D eigenvalue weighted by Gasteiger charge is 2.33. The molecule has 0 bridgehead atoms. The number of methoxy groups -OCH3 is 2. The third-order valence-electron chi connectivity index (χ3n) is 5.98. The van der Waals surface area contributed by atoms with Crippen molar-refractivity contribution in [1.82, 2.24) is 14.8 Å². The lowest BCUT2D eigenvalue weighted by Gasteiger charge is -2.34. The van der Waals surface area contributed by atoms with Crippen molar-refractivity contribution in [3.8, 4) is 23.0 Å². The zero-order valence-electron chi connectivity index (χ0n) is 17.9. The van der Waals surface area contributed by atoms with E-state index < -0.39 is 0 Å². The highest BCUT2D eigenvalue weighted by molar-refractivity contribution is 5.67. The van der Waals surface area contributed by atoms with Gasteiger partial charge >= 0.3 is 0 Å². The largest absolute Gasteiger partial charge is 0.504 e. The molecule has 0 radical (unpaired) electrons. The van der Waals surface area contributed by atoms with Crippen LogP contribution in [0.4, 0.5) is 5.95 Å². The number of ether oxygens (including phenoxy) is 2. The fourth-order valence-electron chi connectivity index (χ4n) is 4.48. The molecular formula is C24H24N4O4. The molecule has 0 unspecified atom stereocenters. The van der Waals surface area contributed by atoms with Crippen molar-refractivity contribution >= 4 is 12.0 Å². The average molecular weight is 432 g/mol. The topological polar surface area (TPSA) is 102 Å². The lowest BCUT2D eigenvalue weighted by molar-refractivity contribution is 0.372. The van der Waals surface area contributed by atoms with Gasteiger partial charge in [-0.2, -0.15) is 10.1 Å². The monoisotopic (exact) mass is 432 g/mol. The predicted octanol–water partition coefficient (Wildman–Crippen LogP) is 4.24. The minimum Gasteiger partial charge on any atom is -0.504 e. The number of phenolic OH excluding ortho intramolecular Hbond substituents is 2. The van der Waals surface area contributed by atoms with Crippen molar-refractivity contribution in [1.29, 1.82) is 0 Å². The number of hydrogen-bond acceptors (Lipinski definition) is 7. The summed E-state index contributed by atoms with van der Waals surface area (Å²) in [5.41, 5.74) is 5.32. The van der Waals surface area contributed by atoms with Crippen molar-refractivity contribution in [2.45, 2.75) is 25.3 Å². The Balaban J connectivity index is 1.63. The molecule has 2 heterocycles. The predicted molar refractivity (Wildman–Crippen MR) is 120 cm³/mol. The van der Waals surface area contributed by atoms with Crippen molar-refractivity contribution in [3.63, 3.8) is 0 Å². The quantitative estimate of drug-likeness (QED) is 0.567. The highest BCUT2D eigenvalue weighted by Crippen LogP contribution is 2.45. The van der Waals surface area contributed by atoms with Crippen LogP contribution < -0.4 is 14.8 Å². The van der Waals surface area contributed by atoms with Crippen molar-refractivity contribution in [2.75, 3.05) is 19.5 Å². The second-order valence-corrected chi connectivity index (χ2v) is 7.84. The fourth-order valence-corrected chi connectivity index (χ4v) is 4.48. The molecule has 1 aliphatic carbocycles. The van der Waals surface area contributed by atoms with E-state index in [9.17, 15) is 10.2 Å². The van der Waals surface area contributed by atoms with Crippen LogP contribution in [0.2, 0.25) is 0 Å². The van der Waals surface area contributed by atoms with E-state index in [0.29, 0.717) is 17.4 Å². The van der Waals surface area contributed by atoms with Crippen LogP contribution in [0.1, 0.15) is 36.4 Å². The zero-order chi connectivity index (χ0) is 22.2. The molecule has 0 fully saturated rings. The SMILES string of the molecule is COc1cc(/C=C2\CCCC3=C2Nc2ncnn2[C@@H]3c2ccc(O)c(OC)c2)ccc1O. The maximum Gasteiger partial charge on any atom is 0.226 e. The van der Waals surface area contributed by atoms with Crippen molar-refractivity contribution < 1.29 is 19.7 Å². The number of benzene rings is 2. The summed E-state index contributed by atoms with van der Waals surface area (Å²) in [5, 5.41) is 27.9. The van der Waals surface area contributed by atoms with Gasteiger partial charge in [-0.05, 0) is 71.9 Å². The lowest BCUT2D eigenvalue weighted by atomic mass is 9.83. The van der Waals surface area contributed by atoms with E-state index in [1.165, 1.54) is 5.57 Å². The lowest BCUT2D eigenvalue weighted by Crippen LogP contribution is -2.28. The van der Waals surface area contributed by atoms with Crippen molar-refractivity contribution in [2.24, 2.45) is 0 Å². The maximum absolute atomic E-state index is 10.1. The number of aromatic hydroxyl groups is 2. The van der Waals surface area contributed by atoms with Gasteiger partial charge in [0.15, 0.2) is 23.0 Å². The van der Waals surface area contributed by atoms with E-state index >= 15 is 0 Å². The molecular weight excluding hydrogens is 408 g/mol. The van der Waals surface area contributed by atoms with Crippen LogP contribution in [0.25, 0.3) is 6.08 Å². The Hall–Kier alpha value is -3.94. The van der Waals surface area contributed by atoms with Crippen LogP contribution in [0.3, 0.4) is 0 Å². The normalized spacial score (nSPS) is 18.7. The summed E-state index contributed by atoms with van der Waals surface area (Å²) in [4.78, 5) is 4.41. The summed E-state index contributed by atoms with van der Waals surface area (Å²) in [6.07, 6.45) is 6.47. The first kappa shape index (κ1) is 20.0. The van der Waals surface area contributed by atoms with Crippen LogP contribution >= 0.6 is 0 Å². The van der Waals surface area contributed by atoms with Gasteiger partial charge in [0.25, 0.3) is 0 Å². The van der Waals surface area contributed by atoms with E-state index in [1.54, 1.807) is 32.7 Å². The zero-order valence-corrected chi connectivity index (χ0v) is 17.9. The number of nitrogens with one attached hydrogen (secondary N) is 1. The van der Waals surface area contributed by atoms with Gasteiger partial charge < -0.3 is 25.0 Å². The third-order valence-corrected chi connectivity index (χ3v) is 5.98. The van der Waals surface area contributed by atoms with Crippen LogP contribution in [0.5, 0.6) is 23.0 Å². The van der Waals surface area contributed by atoms with Gasteiger partial charge in [-0.15, -0.1) is 0 Å². The molecule has 5 rings (SSSR count). The number of anilines is 1. The molecule has 0 spiro atoms. The summed E-state index contributed by atoms with van der Waals surface area (Å²) in [6.45, 7) is 0. The van der Waals surface area contributed by atoms with E-state index in [4.69, 9.17) is 9.47 Å². The summed E-state index contributed by atoms with van der Waals surface area (Å²) in [7, 11) is 3.08. The summed E-state index contributed by atoms with van der Waals surface area (Å²) >= 11 is 0. The number of phenols is 2. The number of hydrogen-bond donors (Lipinski definition) is 3. The smallest absolute Gasteiger partial charge is 0.226 e. The highest BCUT2D eigenvalue weighted by atomic mass is 16.5. The molecule has 2 aromatic carbocycles. The number of rotatable bonds is 4. The Morgan fingerprint density at radius 3 is 2.56 bits per heavy atom. The van der Waals surface area contributed by atoms with Gasteiger partial charge in [0, 0.05) is 5.70 Å². The third kappa shape index (κ3) is 3.33. The van der Waals surface area contributed by atoms with Crippen LogP contribution in [0.15, 0.2) is 59.6 Å². The number of aromatic nitrogens is 3. The molecule has 32 heavy (non-hydrogen) atoms. The van der Waals surface area contributed by atoms with Gasteiger partial charge in [0.1, 0.15) is 12.4 Å². The standard InChI is InChI=1S/C24H24N4O4/c1-31-20-11-14(6-8-18(20)29)10-15-4-3-5-17-22(15)27-24-25-13-26-28(24)23(17)16-7-9-19(30)21(12-16)32-2/h6-13,23,29-30H,3-5H2,1-2H3,(H,25,26,27)/b15-10+/t23-/m1/s1. The first-order valence-electron chi connectivity index (χ1n) is 10.4. The maximum atomic E-state index is 10.1. The molecule has 0 saturated heterocycles. The first-order valence-corrected chi connectivity index (χ1v) is 10.4. The first-order chi connectivity index (χ1) is 15.6. The van der Waals surface area contributed by atoms with E-state index in [-0.39, 0.29) is 17.5 Å². The molecule has 0 amide bonds. The number of nitrogens with zero attached hydrogens (tertiary/aromatic N) is 3. The second kappa shape index (κ2) is 7.96. The molecule has 8 heteroatoms. The summed E-state index contributed by atoms with van der Waals surface area (Å²) in [6, 6.07) is 10.6. The summed E-state index contributed by atoms with van der Waals surface area (Å²) in [5.74, 6) is 1.74. The Kier molecular flexibility index (Phi) is 4.97. The van der Waals surface area contributed by atoms with Gasteiger partial charge in [0.05, 0.1) is 14.2 Å². The van der Waals surface area contributed by atoms with Crippen LogP contribution in [-0.4, -0.2) is 39.2 Å². The molecule has 3 N–H and O–H groups in total. The molecule has 2 aliphatic rings. The second-order valence-electron chi connectivity index (χ2n) is 7.84. The molecule has 164 valence electrons. The van der Waals surface area contributed by atoms with E-state index in [1.807, 2.05) is 28.9 Å². The molecule has 3 aromatic rings. The number of allylic oxidation sites excluding steroid dienone is 2. The summed E-state index contributed by atoms with van der Waals surface area (Å²) < 4.78 is 12.5. The molecule has 0 saturated carbocycles. The van der Waals surface area contributed by atoms with Gasteiger partial charge in [-0.3, -0.25) is 0 Å². The Bertz CT molecular complexity index is 1240. The Labute approximate surface area is 185 Å². The average Bonchev–Trinajstić information content (AvgIpc) is 3.28. The van der Waals surface area contributed by atoms with Gasteiger partial charge in [0.2, 0.25) is 5.95 Å². The molecule has 1 atom stereocenters. The number of fused-ring (bicyclic) bond motifs is 1. The van der Waals surface area contributed by atoms with Crippen LogP contribution in [0, 0.1) is 0 Å². The minimum absolute atomic E-state index is 0.101. The fraction of sp³-hybridized carbons (Fsp3) is 0.250. The van der Waals surface area contributed by atoms with Crippen molar-refractivity contribution in [3.05, 3.63) is 70.7 Å². The Morgan fingerprint density at radius 1 is 1.03 bits per heavy atom. The Morgan fingerprint density at radius 2 is 1.78 bits per heavy atom. The van der Waals surface area contributed by atoms with E-state index in [2.05, 4.69) is 21.5 Å². The molecule has 1 aliphatic heterocycles.